The summed E-state index contributed by atoms with van der Waals surface area (Å²) in [6.45, 7) is 4.55. The lowest BCUT2D eigenvalue weighted by molar-refractivity contribution is -0.136. The van der Waals surface area contributed by atoms with E-state index in [-0.39, 0.29) is 48.4 Å². The van der Waals surface area contributed by atoms with Gasteiger partial charge in [0.15, 0.2) is 0 Å². The molecule has 3 aromatic rings. The highest BCUT2D eigenvalue weighted by molar-refractivity contribution is 7.89. The molecule has 0 aliphatic carbocycles. The Morgan fingerprint density at radius 3 is 2.67 bits per heavy atom. The van der Waals surface area contributed by atoms with Crippen LogP contribution in [0.15, 0.2) is 59.8 Å². The summed E-state index contributed by atoms with van der Waals surface area (Å²) in [6.07, 6.45) is 3.18. The molecule has 3 atom stereocenters. The van der Waals surface area contributed by atoms with Gasteiger partial charge >= 0.3 is 0 Å². The molecule has 1 aliphatic rings. The first-order chi connectivity index (χ1) is 19.2. The predicted octanol–water partition coefficient (Wildman–Crippen LogP) is 2.31. The molecule has 216 valence electrons. The van der Waals surface area contributed by atoms with Gasteiger partial charge in [0.25, 0.3) is 0 Å². The first-order valence-electron chi connectivity index (χ1n) is 13.2. The number of fused-ring (bicyclic) bond motifs is 1. The second kappa shape index (κ2) is 13.3. The van der Waals surface area contributed by atoms with Crippen LogP contribution in [-0.2, 0) is 32.7 Å². The molecule has 1 N–H and O–H groups in total. The fraction of sp³-hybridized carbons (Fsp3) is 0.481. The highest BCUT2D eigenvalue weighted by Gasteiger charge is 2.31. The minimum Gasteiger partial charge on any atom is -0.439 e. The molecule has 0 fully saturated rings. The van der Waals surface area contributed by atoms with Crippen molar-refractivity contribution in [3.05, 3.63) is 60.6 Å². The van der Waals surface area contributed by atoms with E-state index in [1.807, 2.05) is 25.1 Å². The summed E-state index contributed by atoms with van der Waals surface area (Å²) in [5, 5.41) is 17.8. The molecule has 4 rings (SSSR count). The second-order valence-electron chi connectivity index (χ2n) is 9.99. The van der Waals surface area contributed by atoms with Gasteiger partial charge in [-0.1, -0.05) is 30.3 Å². The molecule has 2 aromatic heterocycles. The van der Waals surface area contributed by atoms with E-state index in [1.54, 1.807) is 34.8 Å². The third-order valence-corrected chi connectivity index (χ3v) is 8.77. The van der Waals surface area contributed by atoms with Crippen LogP contribution in [0, 0.1) is 5.92 Å². The van der Waals surface area contributed by atoms with Crippen molar-refractivity contribution in [2.24, 2.45) is 5.92 Å². The van der Waals surface area contributed by atoms with Gasteiger partial charge in [0, 0.05) is 45.1 Å². The Morgan fingerprint density at radius 1 is 1.20 bits per heavy atom. The number of pyridine rings is 1. The highest BCUT2D eigenvalue weighted by atomic mass is 32.2. The monoisotopic (exact) mass is 572 g/mol. The van der Waals surface area contributed by atoms with Crippen LogP contribution in [0.5, 0.6) is 11.6 Å². The summed E-state index contributed by atoms with van der Waals surface area (Å²) in [7, 11) is -2.42. The third-order valence-electron chi connectivity index (χ3n) is 6.96. The van der Waals surface area contributed by atoms with Crippen molar-refractivity contribution in [2.45, 2.75) is 56.9 Å². The maximum atomic E-state index is 13.5. The van der Waals surface area contributed by atoms with Crippen molar-refractivity contribution in [2.75, 3.05) is 26.7 Å². The van der Waals surface area contributed by atoms with Gasteiger partial charge in [0.1, 0.15) is 10.6 Å². The Morgan fingerprint density at radius 2 is 1.98 bits per heavy atom. The number of ether oxygens (including phenoxy) is 2. The average molecular weight is 573 g/mol. The molecule has 0 saturated carbocycles. The molecule has 1 aliphatic heterocycles. The summed E-state index contributed by atoms with van der Waals surface area (Å²) in [5.41, 5.74) is 0.745. The van der Waals surface area contributed by atoms with Crippen LogP contribution < -0.4 is 4.74 Å². The molecule has 0 spiro atoms. The zero-order valence-electron chi connectivity index (χ0n) is 23.0. The van der Waals surface area contributed by atoms with E-state index in [4.69, 9.17) is 9.47 Å². The number of nitrogens with zero attached hydrogens (tertiary/aromatic N) is 6. The zero-order valence-corrected chi connectivity index (χ0v) is 23.8. The summed E-state index contributed by atoms with van der Waals surface area (Å²) in [6, 6.07) is 11.7. The lowest BCUT2D eigenvalue weighted by Crippen LogP contribution is -2.47. The molecule has 13 heteroatoms. The highest BCUT2D eigenvalue weighted by Crippen LogP contribution is 2.23. The minimum absolute atomic E-state index is 0.0178. The summed E-state index contributed by atoms with van der Waals surface area (Å²) >= 11 is 0. The number of rotatable bonds is 8. The summed E-state index contributed by atoms with van der Waals surface area (Å²) in [4.78, 5) is 18.9. The number of carbonyl (C=O) groups excluding carboxylic acids is 1. The van der Waals surface area contributed by atoms with Gasteiger partial charge in [-0.15, -0.1) is 5.10 Å². The SMILES string of the molecule is C[C@H]1CN([C@@H](C)CO)C(=O)CCCn2nncc2CO[C@@H]1CN(C)S(=O)(=O)c1ccc(Oc2ccccc2)nc1. The molecule has 3 heterocycles. The van der Waals surface area contributed by atoms with E-state index in [0.29, 0.717) is 31.7 Å². The van der Waals surface area contributed by atoms with Gasteiger partial charge in [-0.2, -0.15) is 4.31 Å². The van der Waals surface area contributed by atoms with E-state index >= 15 is 0 Å². The quantitative estimate of drug-likeness (QED) is 0.431. The molecule has 40 heavy (non-hydrogen) atoms. The number of amides is 1. The fourth-order valence-corrected chi connectivity index (χ4v) is 5.60. The van der Waals surface area contributed by atoms with Crippen LogP contribution in [-0.4, -0.2) is 87.5 Å². The van der Waals surface area contributed by atoms with Crippen LogP contribution in [0.2, 0.25) is 0 Å². The number of hydrogen-bond donors (Lipinski definition) is 1. The Bertz CT molecular complexity index is 1350. The summed E-state index contributed by atoms with van der Waals surface area (Å²) < 4.78 is 41.8. The van der Waals surface area contributed by atoms with Crippen molar-refractivity contribution in [3.63, 3.8) is 0 Å². The standard InChI is InChI=1S/C27H36N6O6S/c1-20-16-32(21(2)18-34)27(35)10-7-13-33-22(14-29-30-33)19-38-25(20)17-31(3)40(36,37)24-11-12-26(28-15-24)39-23-8-5-4-6-9-23/h4-6,8-9,11-12,14-15,20-21,25,34H,7,10,13,16-19H2,1-3H3/t20-,21-,25+/m0/s1. The van der Waals surface area contributed by atoms with Crippen molar-refractivity contribution in [1.29, 1.82) is 0 Å². The molecule has 0 bridgehead atoms. The lowest BCUT2D eigenvalue weighted by Gasteiger charge is -2.35. The number of likely N-dealkylation sites (N-methyl/N-ethyl adjacent to an activating group) is 1. The minimum atomic E-state index is -3.91. The maximum absolute atomic E-state index is 13.5. The lowest BCUT2D eigenvalue weighted by atomic mass is 10.0. The molecule has 0 radical (unpaired) electrons. The number of aliphatic hydroxyl groups is 1. The molecule has 0 saturated heterocycles. The number of sulfonamides is 1. The van der Waals surface area contributed by atoms with Crippen molar-refractivity contribution >= 4 is 15.9 Å². The average Bonchev–Trinajstić information content (AvgIpc) is 3.40. The van der Waals surface area contributed by atoms with Crippen LogP contribution in [0.3, 0.4) is 0 Å². The first-order valence-corrected chi connectivity index (χ1v) is 14.7. The van der Waals surface area contributed by atoms with E-state index < -0.39 is 16.1 Å². The van der Waals surface area contributed by atoms with Gasteiger partial charge in [0.2, 0.25) is 21.8 Å². The van der Waals surface area contributed by atoms with E-state index in [0.717, 1.165) is 5.69 Å². The topological polar surface area (TPSA) is 140 Å². The predicted molar refractivity (Wildman–Crippen MR) is 146 cm³/mol. The number of para-hydroxylation sites is 1. The molecule has 1 amide bonds. The normalized spacial score (nSPS) is 19.9. The van der Waals surface area contributed by atoms with Crippen LogP contribution in [0.4, 0.5) is 0 Å². The molecular formula is C27H36N6O6S. The third kappa shape index (κ3) is 7.22. The van der Waals surface area contributed by atoms with Gasteiger partial charge in [-0.05, 0) is 31.5 Å². The van der Waals surface area contributed by atoms with Crippen molar-refractivity contribution in [1.82, 2.24) is 29.2 Å². The largest absolute Gasteiger partial charge is 0.439 e. The number of aromatic nitrogens is 4. The Balaban J connectivity index is 1.52. The van der Waals surface area contributed by atoms with E-state index in [2.05, 4.69) is 15.3 Å². The summed E-state index contributed by atoms with van der Waals surface area (Å²) in [5.74, 6) is 0.534. The Hall–Kier alpha value is -3.39. The molecule has 0 unspecified atom stereocenters. The van der Waals surface area contributed by atoms with Gasteiger partial charge in [0.05, 0.1) is 43.4 Å². The van der Waals surface area contributed by atoms with Crippen molar-refractivity contribution in [3.8, 4) is 11.6 Å². The fourth-order valence-electron chi connectivity index (χ4n) is 4.47. The van der Waals surface area contributed by atoms with Gasteiger partial charge in [-0.25, -0.2) is 18.1 Å². The number of aliphatic hydroxyl groups excluding tert-OH is 1. The maximum Gasteiger partial charge on any atom is 0.244 e. The van der Waals surface area contributed by atoms with Crippen LogP contribution in [0.25, 0.3) is 0 Å². The number of benzene rings is 1. The van der Waals surface area contributed by atoms with Crippen LogP contribution >= 0.6 is 0 Å². The Labute approximate surface area is 234 Å². The number of carbonyl (C=O) groups is 1. The van der Waals surface area contributed by atoms with E-state index in [1.165, 1.54) is 29.7 Å². The number of hydrogen-bond acceptors (Lipinski definition) is 9. The zero-order chi connectivity index (χ0) is 28.7. The number of aryl methyl sites for hydroxylation is 1. The molecule has 12 nitrogen and oxygen atoms in total. The molecule has 1 aromatic carbocycles. The van der Waals surface area contributed by atoms with Crippen LogP contribution in [0.1, 0.15) is 32.4 Å². The van der Waals surface area contributed by atoms with Crippen molar-refractivity contribution < 1.29 is 27.8 Å². The molecular weight excluding hydrogens is 536 g/mol. The first kappa shape index (κ1) is 29.6. The Kier molecular flexibility index (Phi) is 9.85. The smallest absolute Gasteiger partial charge is 0.244 e. The van der Waals surface area contributed by atoms with Gasteiger partial charge in [-0.3, -0.25) is 4.79 Å². The second-order valence-corrected chi connectivity index (χ2v) is 12.0. The van der Waals surface area contributed by atoms with Gasteiger partial charge < -0.3 is 19.5 Å². The van der Waals surface area contributed by atoms with E-state index in [9.17, 15) is 18.3 Å².